The molecule has 1 saturated heterocycles. The van der Waals surface area contributed by atoms with Gasteiger partial charge in [0.1, 0.15) is 11.6 Å². The molecule has 0 aromatic carbocycles. The van der Waals surface area contributed by atoms with Crippen LogP contribution in [0.5, 0.6) is 0 Å². The van der Waals surface area contributed by atoms with E-state index in [0.717, 1.165) is 45.0 Å². The van der Waals surface area contributed by atoms with E-state index in [0.29, 0.717) is 21.8 Å². The molecule has 4 nitrogen and oxygen atoms in total. The van der Waals surface area contributed by atoms with E-state index in [2.05, 4.69) is 22.1 Å². The minimum Gasteiger partial charge on any atom is -0.381 e. The number of hydrogen-bond donors (Lipinski definition) is 1. The summed E-state index contributed by atoms with van der Waals surface area (Å²) in [7, 11) is 2.01. The van der Waals surface area contributed by atoms with Gasteiger partial charge < -0.3 is 15.0 Å². The third-order valence-corrected chi connectivity index (χ3v) is 4.17. The van der Waals surface area contributed by atoms with Gasteiger partial charge in [0.05, 0.1) is 16.7 Å². The van der Waals surface area contributed by atoms with Crippen molar-refractivity contribution in [2.75, 3.05) is 43.6 Å². The molecule has 118 valence electrons. The number of nitrogens with zero attached hydrogens (tertiary/aromatic N) is 2. The lowest BCUT2D eigenvalue weighted by atomic mass is 10.0. The van der Waals surface area contributed by atoms with Gasteiger partial charge in [-0.3, -0.25) is 0 Å². The fourth-order valence-corrected chi connectivity index (χ4v) is 3.09. The van der Waals surface area contributed by atoms with Gasteiger partial charge in [-0.25, -0.2) is 4.98 Å². The summed E-state index contributed by atoms with van der Waals surface area (Å²) in [5.74, 6) is 2.00. The van der Waals surface area contributed by atoms with Crippen molar-refractivity contribution in [3.8, 4) is 0 Å². The number of aromatic nitrogens is 1. The molecule has 1 unspecified atom stereocenters. The fourth-order valence-electron chi connectivity index (χ4n) is 2.52. The van der Waals surface area contributed by atoms with E-state index in [4.69, 9.17) is 27.9 Å². The minimum absolute atomic E-state index is 0.532. The quantitative estimate of drug-likeness (QED) is 0.852. The zero-order valence-corrected chi connectivity index (χ0v) is 14.2. The Bertz CT molecular complexity index is 464. The summed E-state index contributed by atoms with van der Waals surface area (Å²) in [6.07, 6.45) is 3.34. The van der Waals surface area contributed by atoms with Gasteiger partial charge in [-0.1, -0.05) is 30.1 Å². The average molecular weight is 332 g/mol. The molecule has 1 aromatic rings. The standard InChI is InChI=1S/C15H23Cl2N3O/c1-3-6-18-14-12(16)8-13(17)15(19-14)20(2)9-11-5-4-7-21-10-11/h8,11H,3-7,9-10H2,1-2H3,(H,18,19). The summed E-state index contributed by atoms with van der Waals surface area (Å²) < 4.78 is 5.53. The predicted octanol–water partition coefficient (Wildman–Crippen LogP) is 4.07. The molecule has 0 aliphatic carbocycles. The number of nitrogens with one attached hydrogen (secondary N) is 1. The molecule has 2 heterocycles. The van der Waals surface area contributed by atoms with Crippen molar-refractivity contribution in [3.63, 3.8) is 0 Å². The Morgan fingerprint density at radius 3 is 2.90 bits per heavy atom. The third-order valence-electron chi connectivity index (χ3n) is 3.60. The lowest BCUT2D eigenvalue weighted by molar-refractivity contribution is 0.0576. The summed E-state index contributed by atoms with van der Waals surface area (Å²) >= 11 is 12.5. The monoisotopic (exact) mass is 331 g/mol. The van der Waals surface area contributed by atoms with Crippen molar-refractivity contribution >= 4 is 34.8 Å². The van der Waals surface area contributed by atoms with Crippen LogP contribution in [0.25, 0.3) is 0 Å². The molecule has 1 N–H and O–H groups in total. The zero-order chi connectivity index (χ0) is 15.2. The van der Waals surface area contributed by atoms with Crippen molar-refractivity contribution in [2.45, 2.75) is 26.2 Å². The smallest absolute Gasteiger partial charge is 0.149 e. The highest BCUT2D eigenvalue weighted by Crippen LogP contribution is 2.31. The third kappa shape index (κ3) is 4.63. The van der Waals surface area contributed by atoms with Gasteiger partial charge in [0.25, 0.3) is 0 Å². The average Bonchev–Trinajstić information content (AvgIpc) is 2.47. The summed E-state index contributed by atoms with van der Waals surface area (Å²) in [6, 6.07) is 1.76. The Balaban J connectivity index is 2.09. The maximum Gasteiger partial charge on any atom is 0.149 e. The second-order valence-electron chi connectivity index (χ2n) is 5.51. The van der Waals surface area contributed by atoms with Gasteiger partial charge in [0.2, 0.25) is 0 Å². The van der Waals surface area contributed by atoms with Gasteiger partial charge in [0.15, 0.2) is 0 Å². The molecule has 0 radical (unpaired) electrons. The van der Waals surface area contributed by atoms with Crippen LogP contribution in [-0.4, -0.2) is 38.3 Å². The molecule has 0 saturated carbocycles. The number of halogens is 2. The van der Waals surface area contributed by atoms with Crippen molar-refractivity contribution in [1.29, 1.82) is 0 Å². The van der Waals surface area contributed by atoms with Crippen molar-refractivity contribution in [1.82, 2.24) is 4.98 Å². The molecular weight excluding hydrogens is 309 g/mol. The Kier molecular flexibility index (Phi) is 6.40. The first-order chi connectivity index (χ1) is 10.1. The molecular formula is C15H23Cl2N3O. The van der Waals surface area contributed by atoms with Crippen LogP contribution in [0.15, 0.2) is 6.07 Å². The van der Waals surface area contributed by atoms with E-state index < -0.39 is 0 Å². The molecule has 0 bridgehead atoms. The molecule has 1 aliphatic heterocycles. The Morgan fingerprint density at radius 1 is 1.43 bits per heavy atom. The number of ether oxygens (including phenoxy) is 1. The Hall–Kier alpha value is -0.710. The first-order valence-electron chi connectivity index (χ1n) is 7.50. The molecule has 0 amide bonds. The van der Waals surface area contributed by atoms with Gasteiger partial charge in [0, 0.05) is 26.7 Å². The van der Waals surface area contributed by atoms with Gasteiger partial charge in [-0.15, -0.1) is 0 Å². The van der Waals surface area contributed by atoms with Crippen LogP contribution in [0, 0.1) is 5.92 Å². The van der Waals surface area contributed by atoms with Crippen LogP contribution in [0.1, 0.15) is 26.2 Å². The lowest BCUT2D eigenvalue weighted by Gasteiger charge is -2.28. The van der Waals surface area contributed by atoms with Crippen LogP contribution in [0.4, 0.5) is 11.6 Å². The van der Waals surface area contributed by atoms with E-state index >= 15 is 0 Å². The highest BCUT2D eigenvalue weighted by atomic mass is 35.5. The predicted molar refractivity (Wildman–Crippen MR) is 89.9 cm³/mol. The molecule has 1 atom stereocenters. The second-order valence-corrected chi connectivity index (χ2v) is 6.33. The topological polar surface area (TPSA) is 37.4 Å². The van der Waals surface area contributed by atoms with E-state index in [1.165, 1.54) is 6.42 Å². The first kappa shape index (κ1) is 16.7. The maximum atomic E-state index is 6.30. The van der Waals surface area contributed by atoms with E-state index in [1.54, 1.807) is 6.07 Å². The molecule has 2 rings (SSSR count). The molecule has 0 spiro atoms. The normalized spacial score (nSPS) is 18.6. The number of anilines is 2. The van der Waals surface area contributed by atoms with Crippen LogP contribution in [0.2, 0.25) is 10.0 Å². The minimum atomic E-state index is 0.532. The molecule has 6 heteroatoms. The van der Waals surface area contributed by atoms with Gasteiger partial charge >= 0.3 is 0 Å². The Labute approximate surface area is 136 Å². The SMILES string of the molecule is CCCNc1nc(N(C)CC2CCCOC2)c(Cl)cc1Cl. The van der Waals surface area contributed by atoms with E-state index in [1.807, 2.05) is 7.05 Å². The summed E-state index contributed by atoms with van der Waals surface area (Å²) in [6.45, 7) is 5.53. The summed E-state index contributed by atoms with van der Waals surface area (Å²) in [5, 5.41) is 4.38. The highest BCUT2D eigenvalue weighted by molar-refractivity contribution is 6.37. The molecule has 1 aliphatic rings. The van der Waals surface area contributed by atoms with Crippen LogP contribution in [0.3, 0.4) is 0 Å². The fraction of sp³-hybridized carbons (Fsp3) is 0.667. The lowest BCUT2D eigenvalue weighted by Crippen LogP contribution is -2.31. The van der Waals surface area contributed by atoms with E-state index in [-0.39, 0.29) is 0 Å². The van der Waals surface area contributed by atoms with Crippen LogP contribution >= 0.6 is 23.2 Å². The number of hydrogen-bond acceptors (Lipinski definition) is 4. The molecule has 1 fully saturated rings. The summed E-state index contributed by atoms with van der Waals surface area (Å²) in [4.78, 5) is 6.68. The van der Waals surface area contributed by atoms with Gasteiger partial charge in [-0.2, -0.15) is 0 Å². The first-order valence-corrected chi connectivity index (χ1v) is 8.26. The number of pyridine rings is 1. The van der Waals surface area contributed by atoms with Crippen molar-refractivity contribution in [2.24, 2.45) is 5.92 Å². The van der Waals surface area contributed by atoms with Gasteiger partial charge in [-0.05, 0) is 31.2 Å². The zero-order valence-electron chi connectivity index (χ0n) is 12.7. The highest BCUT2D eigenvalue weighted by Gasteiger charge is 2.19. The number of rotatable bonds is 6. The van der Waals surface area contributed by atoms with Crippen LogP contribution in [-0.2, 0) is 4.74 Å². The van der Waals surface area contributed by atoms with Crippen LogP contribution < -0.4 is 10.2 Å². The second kappa shape index (κ2) is 8.06. The Morgan fingerprint density at radius 2 is 2.24 bits per heavy atom. The van der Waals surface area contributed by atoms with Crippen molar-refractivity contribution in [3.05, 3.63) is 16.1 Å². The molecule has 1 aromatic heterocycles. The summed E-state index contributed by atoms with van der Waals surface area (Å²) in [5.41, 5.74) is 0. The van der Waals surface area contributed by atoms with E-state index in [9.17, 15) is 0 Å². The van der Waals surface area contributed by atoms with Crippen molar-refractivity contribution < 1.29 is 4.74 Å². The maximum absolute atomic E-state index is 6.30. The molecule has 21 heavy (non-hydrogen) atoms. The largest absolute Gasteiger partial charge is 0.381 e.